The van der Waals surface area contributed by atoms with Crippen LogP contribution in [-0.2, 0) is 16.1 Å². The highest BCUT2D eigenvalue weighted by Gasteiger charge is 2.14. The molecule has 0 fully saturated rings. The van der Waals surface area contributed by atoms with E-state index >= 15 is 0 Å². The second-order valence-electron chi connectivity index (χ2n) is 3.62. The molecule has 1 heterocycles. The SMILES string of the molecule is COC(=O)CC(C)N(C)Cc1cccs1. The molecule has 1 aromatic rings. The molecule has 0 saturated heterocycles. The fraction of sp³-hybridized carbons (Fsp3) is 0.545. The zero-order valence-electron chi connectivity index (χ0n) is 9.40. The number of thiophene rings is 1. The number of esters is 1. The van der Waals surface area contributed by atoms with E-state index in [2.05, 4.69) is 21.1 Å². The largest absolute Gasteiger partial charge is 0.469 e. The summed E-state index contributed by atoms with van der Waals surface area (Å²) >= 11 is 1.74. The predicted octanol–water partition coefficient (Wildman–Crippen LogP) is 2.13. The Labute approximate surface area is 94.7 Å². The summed E-state index contributed by atoms with van der Waals surface area (Å²) < 4.78 is 4.64. The lowest BCUT2D eigenvalue weighted by Gasteiger charge is -2.22. The van der Waals surface area contributed by atoms with Gasteiger partial charge in [-0.3, -0.25) is 9.69 Å². The van der Waals surface area contributed by atoms with Crippen molar-refractivity contribution in [2.45, 2.75) is 25.9 Å². The van der Waals surface area contributed by atoms with E-state index in [4.69, 9.17) is 0 Å². The highest BCUT2D eigenvalue weighted by Crippen LogP contribution is 2.13. The second-order valence-corrected chi connectivity index (χ2v) is 4.66. The van der Waals surface area contributed by atoms with Crippen LogP contribution in [0.2, 0.25) is 0 Å². The van der Waals surface area contributed by atoms with Crippen molar-refractivity contribution >= 4 is 17.3 Å². The Morgan fingerprint density at radius 1 is 1.67 bits per heavy atom. The third-order valence-corrected chi connectivity index (χ3v) is 3.29. The quantitative estimate of drug-likeness (QED) is 0.722. The topological polar surface area (TPSA) is 29.5 Å². The third kappa shape index (κ3) is 4.01. The van der Waals surface area contributed by atoms with Gasteiger partial charge in [0.1, 0.15) is 0 Å². The Balaban J connectivity index is 2.39. The predicted molar refractivity (Wildman–Crippen MR) is 61.9 cm³/mol. The van der Waals surface area contributed by atoms with Gasteiger partial charge >= 0.3 is 5.97 Å². The van der Waals surface area contributed by atoms with Gasteiger partial charge in [0, 0.05) is 17.5 Å². The lowest BCUT2D eigenvalue weighted by atomic mass is 10.2. The molecule has 1 aromatic heterocycles. The van der Waals surface area contributed by atoms with Gasteiger partial charge in [0.2, 0.25) is 0 Å². The van der Waals surface area contributed by atoms with E-state index in [-0.39, 0.29) is 12.0 Å². The summed E-state index contributed by atoms with van der Waals surface area (Å²) in [7, 11) is 3.45. The van der Waals surface area contributed by atoms with Gasteiger partial charge < -0.3 is 4.74 Å². The molecule has 84 valence electrons. The first-order valence-electron chi connectivity index (χ1n) is 4.93. The van der Waals surface area contributed by atoms with Crippen molar-refractivity contribution in [2.24, 2.45) is 0 Å². The van der Waals surface area contributed by atoms with Crippen LogP contribution in [0.3, 0.4) is 0 Å². The minimum atomic E-state index is -0.152. The first-order valence-corrected chi connectivity index (χ1v) is 5.81. The van der Waals surface area contributed by atoms with Crippen molar-refractivity contribution in [2.75, 3.05) is 14.2 Å². The van der Waals surface area contributed by atoms with E-state index in [1.807, 2.05) is 20.0 Å². The first kappa shape index (κ1) is 12.2. The number of rotatable bonds is 5. The number of methoxy groups -OCH3 is 1. The number of hydrogen-bond acceptors (Lipinski definition) is 4. The molecule has 0 amide bonds. The average Bonchev–Trinajstić information content (AvgIpc) is 2.70. The zero-order valence-corrected chi connectivity index (χ0v) is 10.2. The number of ether oxygens (including phenoxy) is 1. The van der Waals surface area contributed by atoms with E-state index in [1.54, 1.807) is 11.3 Å². The molecule has 0 bridgehead atoms. The molecular weight excluding hydrogens is 210 g/mol. The van der Waals surface area contributed by atoms with Gasteiger partial charge in [-0.2, -0.15) is 0 Å². The van der Waals surface area contributed by atoms with Crippen molar-refractivity contribution in [3.05, 3.63) is 22.4 Å². The highest BCUT2D eigenvalue weighted by molar-refractivity contribution is 7.09. The Hall–Kier alpha value is -0.870. The summed E-state index contributed by atoms with van der Waals surface area (Å²) in [5.74, 6) is -0.152. The molecule has 1 atom stereocenters. The number of carbonyl (C=O) groups is 1. The second kappa shape index (κ2) is 5.88. The molecule has 0 aliphatic carbocycles. The summed E-state index contributed by atoms with van der Waals surface area (Å²) in [5, 5.41) is 2.06. The lowest BCUT2D eigenvalue weighted by Crippen LogP contribution is -2.30. The molecule has 0 aliphatic heterocycles. The maximum absolute atomic E-state index is 11.1. The minimum Gasteiger partial charge on any atom is -0.469 e. The van der Waals surface area contributed by atoms with E-state index in [9.17, 15) is 4.79 Å². The molecule has 0 radical (unpaired) electrons. The van der Waals surface area contributed by atoms with Crippen LogP contribution in [-0.4, -0.2) is 31.1 Å². The van der Waals surface area contributed by atoms with Crippen molar-refractivity contribution < 1.29 is 9.53 Å². The average molecular weight is 227 g/mol. The molecule has 4 heteroatoms. The molecule has 0 N–H and O–H groups in total. The maximum atomic E-state index is 11.1. The van der Waals surface area contributed by atoms with Gasteiger partial charge in [-0.15, -0.1) is 11.3 Å². The normalized spacial score (nSPS) is 12.8. The van der Waals surface area contributed by atoms with E-state index in [0.29, 0.717) is 6.42 Å². The van der Waals surface area contributed by atoms with E-state index < -0.39 is 0 Å². The van der Waals surface area contributed by atoms with Crippen LogP contribution in [0.1, 0.15) is 18.2 Å². The number of carbonyl (C=O) groups excluding carboxylic acids is 1. The van der Waals surface area contributed by atoms with Crippen LogP contribution in [0.15, 0.2) is 17.5 Å². The lowest BCUT2D eigenvalue weighted by molar-refractivity contribution is -0.141. The monoisotopic (exact) mass is 227 g/mol. The summed E-state index contributed by atoms with van der Waals surface area (Å²) in [6.45, 7) is 2.92. The summed E-state index contributed by atoms with van der Waals surface area (Å²) in [5.41, 5.74) is 0. The molecule has 0 spiro atoms. The highest BCUT2D eigenvalue weighted by atomic mass is 32.1. The van der Waals surface area contributed by atoms with Gasteiger partial charge in [0.25, 0.3) is 0 Å². The fourth-order valence-corrected chi connectivity index (χ4v) is 2.05. The van der Waals surface area contributed by atoms with Crippen molar-refractivity contribution in [3.63, 3.8) is 0 Å². The third-order valence-electron chi connectivity index (χ3n) is 2.43. The fourth-order valence-electron chi connectivity index (χ4n) is 1.28. The molecule has 15 heavy (non-hydrogen) atoms. The van der Waals surface area contributed by atoms with Crippen LogP contribution in [0.4, 0.5) is 0 Å². The molecule has 3 nitrogen and oxygen atoms in total. The standard InChI is InChI=1S/C11H17NO2S/c1-9(7-11(13)14-3)12(2)8-10-5-4-6-15-10/h4-6,9H,7-8H2,1-3H3. The molecule has 0 aromatic carbocycles. The van der Waals surface area contributed by atoms with Crippen molar-refractivity contribution in [3.8, 4) is 0 Å². The Morgan fingerprint density at radius 3 is 2.93 bits per heavy atom. The molecule has 1 rings (SSSR count). The van der Waals surface area contributed by atoms with Crippen molar-refractivity contribution in [1.82, 2.24) is 4.90 Å². The van der Waals surface area contributed by atoms with Crippen LogP contribution in [0.25, 0.3) is 0 Å². The minimum absolute atomic E-state index is 0.152. The first-order chi connectivity index (χ1) is 7.13. The van der Waals surface area contributed by atoms with E-state index in [1.165, 1.54) is 12.0 Å². The van der Waals surface area contributed by atoms with Gasteiger partial charge in [-0.25, -0.2) is 0 Å². The number of hydrogen-bond donors (Lipinski definition) is 0. The Kier molecular flexibility index (Phi) is 4.78. The Morgan fingerprint density at radius 2 is 2.40 bits per heavy atom. The van der Waals surface area contributed by atoms with E-state index in [0.717, 1.165) is 6.54 Å². The smallest absolute Gasteiger partial charge is 0.307 e. The van der Waals surface area contributed by atoms with Gasteiger partial charge in [0.15, 0.2) is 0 Å². The molecule has 1 unspecified atom stereocenters. The van der Waals surface area contributed by atoms with Gasteiger partial charge in [-0.05, 0) is 25.4 Å². The van der Waals surface area contributed by atoms with Crippen LogP contribution in [0, 0.1) is 0 Å². The molecule has 0 aliphatic rings. The van der Waals surface area contributed by atoms with Gasteiger partial charge in [0.05, 0.1) is 13.5 Å². The summed E-state index contributed by atoms with van der Waals surface area (Å²) in [6, 6.07) is 4.35. The Bertz CT molecular complexity index is 298. The van der Waals surface area contributed by atoms with Crippen LogP contribution >= 0.6 is 11.3 Å². The van der Waals surface area contributed by atoms with Crippen LogP contribution in [0.5, 0.6) is 0 Å². The zero-order chi connectivity index (χ0) is 11.3. The summed E-state index contributed by atoms with van der Waals surface area (Å²) in [6.07, 6.45) is 0.443. The summed E-state index contributed by atoms with van der Waals surface area (Å²) in [4.78, 5) is 14.6. The maximum Gasteiger partial charge on any atom is 0.307 e. The van der Waals surface area contributed by atoms with Gasteiger partial charge in [-0.1, -0.05) is 6.07 Å². The molecular formula is C11H17NO2S. The van der Waals surface area contributed by atoms with Crippen LogP contribution < -0.4 is 0 Å². The molecule has 0 saturated carbocycles. The van der Waals surface area contributed by atoms with Crippen molar-refractivity contribution in [1.29, 1.82) is 0 Å². The number of nitrogens with zero attached hydrogens (tertiary/aromatic N) is 1.